The molecular formula is C12H23N3O4. The predicted molar refractivity (Wildman–Crippen MR) is 70.4 cm³/mol. The number of amides is 3. The molecule has 0 aromatic carbocycles. The van der Waals surface area contributed by atoms with Gasteiger partial charge in [0.1, 0.15) is 0 Å². The molecule has 0 fully saturated rings. The number of carbonyl (C=O) groups excluding carboxylic acids is 2. The van der Waals surface area contributed by atoms with Gasteiger partial charge in [-0.25, -0.2) is 4.79 Å². The van der Waals surface area contributed by atoms with Crippen molar-refractivity contribution >= 4 is 17.9 Å². The number of hydrogen-bond donors (Lipinski definition) is 4. The van der Waals surface area contributed by atoms with Crippen LogP contribution in [-0.4, -0.2) is 35.1 Å². The Labute approximate surface area is 112 Å². The summed E-state index contributed by atoms with van der Waals surface area (Å²) in [6.07, 6.45) is 0.00690. The van der Waals surface area contributed by atoms with E-state index in [2.05, 4.69) is 10.6 Å². The highest BCUT2D eigenvalue weighted by Gasteiger charge is 2.25. The maximum atomic E-state index is 11.6. The Balaban J connectivity index is 4.32. The number of primary amides is 1. The molecule has 7 nitrogen and oxygen atoms in total. The molecule has 3 amide bonds. The molecule has 19 heavy (non-hydrogen) atoms. The standard InChI is InChI=1S/C12H23N3O4/c1-7(2)8(10(17)18)6-14-11(19)15-12(3,4)5-9(13)16/h7-8H,5-6H2,1-4H3,(H2,13,16)(H,17,18)(H2,14,15,19). The van der Waals surface area contributed by atoms with Gasteiger partial charge in [0.15, 0.2) is 0 Å². The van der Waals surface area contributed by atoms with E-state index in [1.165, 1.54) is 0 Å². The summed E-state index contributed by atoms with van der Waals surface area (Å²) in [4.78, 5) is 33.4. The summed E-state index contributed by atoms with van der Waals surface area (Å²) in [5.74, 6) is -2.20. The average molecular weight is 273 g/mol. The van der Waals surface area contributed by atoms with E-state index in [1.54, 1.807) is 27.7 Å². The third-order valence-electron chi connectivity index (χ3n) is 2.67. The first-order valence-electron chi connectivity index (χ1n) is 6.12. The molecule has 0 saturated heterocycles. The molecule has 0 aromatic heterocycles. The van der Waals surface area contributed by atoms with E-state index in [4.69, 9.17) is 10.8 Å². The smallest absolute Gasteiger partial charge is 0.315 e. The van der Waals surface area contributed by atoms with Crippen molar-refractivity contribution in [2.24, 2.45) is 17.6 Å². The Morgan fingerprint density at radius 2 is 1.79 bits per heavy atom. The number of nitrogens with one attached hydrogen (secondary N) is 2. The van der Waals surface area contributed by atoms with Gasteiger partial charge in [0.05, 0.1) is 5.92 Å². The molecule has 0 bridgehead atoms. The second kappa shape index (κ2) is 6.96. The van der Waals surface area contributed by atoms with E-state index in [9.17, 15) is 14.4 Å². The highest BCUT2D eigenvalue weighted by atomic mass is 16.4. The molecule has 0 aliphatic carbocycles. The van der Waals surface area contributed by atoms with Crippen LogP contribution in [0.5, 0.6) is 0 Å². The fourth-order valence-electron chi connectivity index (χ4n) is 1.64. The van der Waals surface area contributed by atoms with Crippen LogP contribution in [0.1, 0.15) is 34.1 Å². The lowest BCUT2D eigenvalue weighted by molar-refractivity contribution is -0.142. The van der Waals surface area contributed by atoms with Crippen molar-refractivity contribution in [1.29, 1.82) is 0 Å². The van der Waals surface area contributed by atoms with Crippen LogP contribution in [0.4, 0.5) is 4.79 Å². The number of carboxylic acid groups (broad SMARTS) is 1. The lowest BCUT2D eigenvalue weighted by atomic mass is 9.96. The molecule has 0 rings (SSSR count). The molecule has 110 valence electrons. The zero-order valence-corrected chi connectivity index (χ0v) is 11.8. The molecule has 0 spiro atoms. The Morgan fingerprint density at radius 3 is 2.16 bits per heavy atom. The van der Waals surface area contributed by atoms with Gasteiger partial charge < -0.3 is 21.5 Å². The molecule has 7 heteroatoms. The quantitative estimate of drug-likeness (QED) is 0.532. The van der Waals surface area contributed by atoms with Gasteiger partial charge in [-0.05, 0) is 19.8 Å². The van der Waals surface area contributed by atoms with Gasteiger partial charge in [0, 0.05) is 18.5 Å². The molecule has 0 saturated carbocycles. The van der Waals surface area contributed by atoms with Crippen LogP contribution in [0.3, 0.4) is 0 Å². The third kappa shape index (κ3) is 7.28. The van der Waals surface area contributed by atoms with Crippen molar-refractivity contribution in [1.82, 2.24) is 10.6 Å². The maximum absolute atomic E-state index is 11.6. The number of hydrogen-bond acceptors (Lipinski definition) is 3. The lowest BCUT2D eigenvalue weighted by Gasteiger charge is -2.25. The molecule has 1 unspecified atom stereocenters. The molecule has 1 atom stereocenters. The second-order valence-electron chi connectivity index (χ2n) is 5.55. The molecule has 0 aliphatic rings. The molecular weight excluding hydrogens is 250 g/mol. The summed E-state index contributed by atoms with van der Waals surface area (Å²) < 4.78 is 0. The molecule has 0 radical (unpaired) electrons. The summed E-state index contributed by atoms with van der Waals surface area (Å²) >= 11 is 0. The average Bonchev–Trinajstić information content (AvgIpc) is 2.12. The van der Waals surface area contributed by atoms with Crippen molar-refractivity contribution in [2.75, 3.05) is 6.54 Å². The molecule has 5 N–H and O–H groups in total. The first-order chi connectivity index (χ1) is 8.55. The van der Waals surface area contributed by atoms with Crippen molar-refractivity contribution in [2.45, 2.75) is 39.7 Å². The van der Waals surface area contributed by atoms with E-state index in [0.717, 1.165) is 0 Å². The highest BCUT2D eigenvalue weighted by molar-refractivity contribution is 5.79. The number of aliphatic carboxylic acids is 1. The van der Waals surface area contributed by atoms with Crippen LogP contribution >= 0.6 is 0 Å². The Bertz CT molecular complexity index is 353. The Hall–Kier alpha value is -1.79. The largest absolute Gasteiger partial charge is 0.481 e. The summed E-state index contributed by atoms with van der Waals surface area (Å²) in [7, 11) is 0. The molecule has 0 aromatic rings. The second-order valence-corrected chi connectivity index (χ2v) is 5.55. The van der Waals surface area contributed by atoms with Gasteiger partial charge in [-0.2, -0.15) is 0 Å². The van der Waals surface area contributed by atoms with Gasteiger partial charge in [-0.15, -0.1) is 0 Å². The van der Waals surface area contributed by atoms with E-state index in [1.807, 2.05) is 0 Å². The van der Waals surface area contributed by atoms with Crippen LogP contribution in [-0.2, 0) is 9.59 Å². The minimum Gasteiger partial charge on any atom is -0.481 e. The summed E-state index contributed by atoms with van der Waals surface area (Å²) in [5, 5.41) is 14.0. The van der Waals surface area contributed by atoms with Crippen LogP contribution in [0, 0.1) is 11.8 Å². The van der Waals surface area contributed by atoms with Gasteiger partial charge in [0.25, 0.3) is 0 Å². The van der Waals surface area contributed by atoms with Crippen LogP contribution < -0.4 is 16.4 Å². The van der Waals surface area contributed by atoms with Crippen molar-refractivity contribution < 1.29 is 19.5 Å². The highest BCUT2D eigenvalue weighted by Crippen LogP contribution is 2.10. The van der Waals surface area contributed by atoms with Crippen molar-refractivity contribution in [3.8, 4) is 0 Å². The van der Waals surface area contributed by atoms with Gasteiger partial charge in [0.2, 0.25) is 5.91 Å². The third-order valence-corrected chi connectivity index (χ3v) is 2.67. The van der Waals surface area contributed by atoms with E-state index in [-0.39, 0.29) is 18.9 Å². The van der Waals surface area contributed by atoms with E-state index < -0.39 is 29.4 Å². The zero-order valence-electron chi connectivity index (χ0n) is 11.8. The predicted octanol–water partition coefficient (Wildman–Crippen LogP) is 0.296. The van der Waals surface area contributed by atoms with E-state index >= 15 is 0 Å². The fourth-order valence-corrected chi connectivity index (χ4v) is 1.64. The number of carboxylic acids is 1. The van der Waals surface area contributed by atoms with Crippen LogP contribution in [0.2, 0.25) is 0 Å². The van der Waals surface area contributed by atoms with Crippen molar-refractivity contribution in [3.63, 3.8) is 0 Å². The van der Waals surface area contributed by atoms with Gasteiger partial charge in [-0.3, -0.25) is 9.59 Å². The summed E-state index contributed by atoms with van der Waals surface area (Å²) in [5.41, 5.74) is 4.30. The van der Waals surface area contributed by atoms with E-state index in [0.29, 0.717) is 0 Å². The number of carbonyl (C=O) groups is 3. The minimum atomic E-state index is -0.952. The lowest BCUT2D eigenvalue weighted by Crippen LogP contribution is -2.51. The maximum Gasteiger partial charge on any atom is 0.315 e. The minimum absolute atomic E-state index is 0.00690. The van der Waals surface area contributed by atoms with Gasteiger partial charge >= 0.3 is 12.0 Å². The topological polar surface area (TPSA) is 122 Å². The number of urea groups is 1. The van der Waals surface area contributed by atoms with Crippen LogP contribution in [0.15, 0.2) is 0 Å². The summed E-state index contributed by atoms with van der Waals surface area (Å²) in [6, 6.07) is -0.516. The number of nitrogens with two attached hydrogens (primary N) is 1. The van der Waals surface area contributed by atoms with Crippen LogP contribution in [0.25, 0.3) is 0 Å². The Kier molecular flexibility index (Phi) is 6.31. The summed E-state index contributed by atoms with van der Waals surface area (Å²) in [6.45, 7) is 6.90. The number of rotatable bonds is 7. The van der Waals surface area contributed by atoms with Crippen molar-refractivity contribution in [3.05, 3.63) is 0 Å². The monoisotopic (exact) mass is 273 g/mol. The first-order valence-corrected chi connectivity index (χ1v) is 6.12. The zero-order chi connectivity index (χ0) is 15.2. The fraction of sp³-hybridized carbons (Fsp3) is 0.750. The molecule has 0 heterocycles. The SMILES string of the molecule is CC(C)C(CNC(=O)NC(C)(C)CC(N)=O)C(=O)O. The molecule has 0 aliphatic heterocycles. The van der Waals surface area contributed by atoms with Gasteiger partial charge in [-0.1, -0.05) is 13.8 Å². The normalized spacial score (nSPS) is 12.9. The Morgan fingerprint density at radius 1 is 1.26 bits per heavy atom. The first kappa shape index (κ1) is 17.2.